The molecule has 6 heteroatoms. The Morgan fingerprint density at radius 1 is 1.08 bits per heavy atom. The molecule has 1 saturated heterocycles. The molecule has 190 valence electrons. The van der Waals surface area contributed by atoms with E-state index in [0.29, 0.717) is 12.1 Å². The normalized spacial score (nSPS) is 15.1. The fraction of sp³-hybridized carbons (Fsp3) is 0.333. The molecule has 36 heavy (non-hydrogen) atoms. The van der Waals surface area contributed by atoms with Gasteiger partial charge in [0.25, 0.3) is 5.91 Å². The topological polar surface area (TPSA) is 79.9 Å². The summed E-state index contributed by atoms with van der Waals surface area (Å²) in [4.78, 5) is 19.9. The fourth-order valence-corrected chi connectivity index (χ4v) is 4.16. The van der Waals surface area contributed by atoms with E-state index >= 15 is 0 Å². The van der Waals surface area contributed by atoms with Gasteiger partial charge in [0.2, 0.25) is 0 Å². The first-order valence-corrected chi connectivity index (χ1v) is 12.7. The maximum Gasteiger partial charge on any atom is 0.271 e. The number of aliphatic imine (C=N–C) groups is 1. The third kappa shape index (κ3) is 7.18. The number of nitrogens with two attached hydrogens (primary N) is 1. The second-order valence-corrected chi connectivity index (χ2v) is 8.63. The van der Waals surface area contributed by atoms with Crippen molar-refractivity contribution in [1.29, 1.82) is 0 Å². The van der Waals surface area contributed by atoms with Crippen molar-refractivity contribution in [2.24, 2.45) is 10.7 Å². The minimum atomic E-state index is -0.356. The summed E-state index contributed by atoms with van der Waals surface area (Å²) in [5, 5.41) is 2.88. The third-order valence-electron chi connectivity index (χ3n) is 6.25. The Kier molecular flexibility index (Phi) is 10.1. The SMILES string of the molecule is C=C\C=C(/N=C(/C=C(\N)C(=O)Nc1ccc(N2CCOCC2)cc1)CC)c1ccc(CC)c(CC)c1. The molecule has 0 aromatic heterocycles. The Balaban J connectivity index is 1.75. The van der Waals surface area contributed by atoms with E-state index in [9.17, 15) is 4.79 Å². The molecule has 3 rings (SSSR count). The van der Waals surface area contributed by atoms with Gasteiger partial charge < -0.3 is 20.7 Å². The highest BCUT2D eigenvalue weighted by Gasteiger charge is 2.12. The minimum absolute atomic E-state index is 0.112. The number of benzene rings is 2. The maximum atomic E-state index is 12.8. The summed E-state index contributed by atoms with van der Waals surface area (Å²) in [6.45, 7) is 13.4. The molecular weight excluding hydrogens is 448 g/mol. The molecule has 0 atom stereocenters. The van der Waals surface area contributed by atoms with E-state index in [2.05, 4.69) is 48.8 Å². The predicted octanol–water partition coefficient (Wildman–Crippen LogP) is 5.51. The van der Waals surface area contributed by atoms with Crippen molar-refractivity contribution in [3.05, 3.63) is 89.7 Å². The van der Waals surface area contributed by atoms with Crippen LogP contribution in [0.2, 0.25) is 0 Å². The monoisotopic (exact) mass is 486 g/mol. The van der Waals surface area contributed by atoms with E-state index in [-0.39, 0.29) is 11.6 Å². The first-order chi connectivity index (χ1) is 17.5. The molecule has 0 spiro atoms. The summed E-state index contributed by atoms with van der Waals surface area (Å²) in [6, 6.07) is 14.2. The highest BCUT2D eigenvalue weighted by atomic mass is 16.5. The largest absolute Gasteiger partial charge is 0.394 e. The average Bonchev–Trinajstić information content (AvgIpc) is 2.92. The number of amides is 1. The number of ether oxygens (including phenoxy) is 1. The fourth-order valence-electron chi connectivity index (χ4n) is 4.16. The van der Waals surface area contributed by atoms with E-state index in [1.54, 1.807) is 12.2 Å². The van der Waals surface area contributed by atoms with Crippen LogP contribution in [0.1, 0.15) is 43.9 Å². The van der Waals surface area contributed by atoms with Crippen LogP contribution < -0.4 is 16.0 Å². The van der Waals surface area contributed by atoms with Gasteiger partial charge in [0.15, 0.2) is 0 Å². The van der Waals surface area contributed by atoms with Crippen LogP contribution in [0.15, 0.2) is 78.0 Å². The summed E-state index contributed by atoms with van der Waals surface area (Å²) < 4.78 is 5.41. The van der Waals surface area contributed by atoms with Gasteiger partial charge in [0.05, 0.1) is 24.6 Å². The number of hydrogen-bond donors (Lipinski definition) is 2. The molecule has 0 unspecified atom stereocenters. The lowest BCUT2D eigenvalue weighted by Gasteiger charge is -2.28. The zero-order valence-electron chi connectivity index (χ0n) is 21.7. The Bertz CT molecular complexity index is 1140. The van der Waals surface area contributed by atoms with Crippen molar-refractivity contribution in [3.8, 4) is 0 Å². The van der Waals surface area contributed by atoms with Crippen molar-refractivity contribution in [2.75, 3.05) is 36.5 Å². The maximum absolute atomic E-state index is 12.8. The van der Waals surface area contributed by atoms with Crippen LogP contribution in [0.4, 0.5) is 11.4 Å². The molecule has 1 heterocycles. The van der Waals surface area contributed by atoms with Crippen LogP contribution in [0.5, 0.6) is 0 Å². The number of rotatable bonds is 10. The van der Waals surface area contributed by atoms with Crippen molar-refractivity contribution in [2.45, 2.75) is 40.0 Å². The molecule has 1 amide bonds. The lowest BCUT2D eigenvalue weighted by Crippen LogP contribution is -2.36. The number of carbonyl (C=O) groups excluding carboxylic acids is 1. The second-order valence-electron chi connectivity index (χ2n) is 8.63. The third-order valence-corrected chi connectivity index (χ3v) is 6.25. The number of morpholine rings is 1. The molecule has 0 saturated carbocycles. The quantitative estimate of drug-likeness (QED) is 0.264. The first-order valence-electron chi connectivity index (χ1n) is 12.7. The number of allylic oxidation sites excluding steroid dienone is 3. The number of anilines is 2. The van der Waals surface area contributed by atoms with Gasteiger partial charge >= 0.3 is 0 Å². The van der Waals surface area contributed by atoms with Gasteiger partial charge in [0, 0.05) is 35.7 Å². The number of nitrogens with one attached hydrogen (secondary N) is 1. The number of nitrogens with zero attached hydrogens (tertiary/aromatic N) is 2. The van der Waals surface area contributed by atoms with Crippen LogP contribution in [-0.4, -0.2) is 37.9 Å². The van der Waals surface area contributed by atoms with E-state index in [1.165, 1.54) is 11.1 Å². The highest BCUT2D eigenvalue weighted by Crippen LogP contribution is 2.23. The van der Waals surface area contributed by atoms with E-state index < -0.39 is 0 Å². The van der Waals surface area contributed by atoms with Crippen molar-refractivity contribution in [1.82, 2.24) is 0 Å². The first kappa shape index (κ1) is 27.0. The van der Waals surface area contributed by atoms with Crippen molar-refractivity contribution in [3.63, 3.8) is 0 Å². The number of aryl methyl sites for hydroxylation is 2. The summed E-state index contributed by atoms with van der Waals surface area (Å²) >= 11 is 0. The standard InChI is InChI=1S/C30H38N4O2/c1-5-9-29(24-11-10-22(6-2)23(7-3)20-24)32-25(8-4)21-28(31)30(35)33-26-12-14-27(15-13-26)34-16-18-36-19-17-34/h5,9-15,20-21H,1,6-8,16-19,31H2,2-4H3,(H,33,35)/b28-21-,29-9-,32-25+. The van der Waals surface area contributed by atoms with Crippen molar-refractivity contribution < 1.29 is 9.53 Å². The highest BCUT2D eigenvalue weighted by molar-refractivity contribution is 6.09. The molecular formula is C30H38N4O2. The predicted molar refractivity (Wildman–Crippen MR) is 151 cm³/mol. The zero-order chi connectivity index (χ0) is 25.9. The lowest BCUT2D eigenvalue weighted by molar-refractivity contribution is -0.112. The molecule has 3 N–H and O–H groups in total. The summed E-state index contributed by atoms with van der Waals surface area (Å²) in [5.74, 6) is -0.356. The molecule has 1 aliphatic heterocycles. The van der Waals surface area contributed by atoms with Crippen molar-refractivity contribution >= 4 is 28.7 Å². The Morgan fingerprint density at radius 3 is 2.39 bits per heavy atom. The molecule has 2 aromatic rings. The molecule has 2 aromatic carbocycles. The van der Waals surface area contributed by atoms with Gasteiger partial charge in [-0.1, -0.05) is 45.6 Å². The van der Waals surface area contributed by atoms with Gasteiger partial charge in [-0.25, -0.2) is 0 Å². The van der Waals surface area contributed by atoms with Gasteiger partial charge in [-0.2, -0.15) is 0 Å². The van der Waals surface area contributed by atoms with Gasteiger partial charge in [-0.05, 0) is 72.9 Å². The van der Waals surface area contributed by atoms with Crippen LogP contribution in [0.3, 0.4) is 0 Å². The number of carbonyl (C=O) groups is 1. The van der Waals surface area contributed by atoms with E-state index in [1.807, 2.05) is 37.3 Å². The van der Waals surface area contributed by atoms with Gasteiger partial charge in [-0.15, -0.1) is 0 Å². The molecule has 6 nitrogen and oxygen atoms in total. The Hall–Kier alpha value is -3.64. The minimum Gasteiger partial charge on any atom is -0.394 e. The zero-order valence-corrected chi connectivity index (χ0v) is 21.7. The van der Waals surface area contributed by atoms with Crippen LogP contribution >= 0.6 is 0 Å². The van der Waals surface area contributed by atoms with E-state index in [4.69, 9.17) is 15.5 Å². The van der Waals surface area contributed by atoms with Gasteiger partial charge in [0.1, 0.15) is 0 Å². The second kappa shape index (κ2) is 13.4. The molecule has 0 radical (unpaired) electrons. The molecule has 0 bridgehead atoms. The summed E-state index contributed by atoms with van der Waals surface area (Å²) in [6.07, 6.45) is 7.85. The summed E-state index contributed by atoms with van der Waals surface area (Å²) in [5.41, 5.74) is 13.3. The van der Waals surface area contributed by atoms with E-state index in [0.717, 1.165) is 61.8 Å². The smallest absolute Gasteiger partial charge is 0.271 e. The lowest BCUT2D eigenvalue weighted by atomic mass is 9.98. The molecule has 1 aliphatic rings. The summed E-state index contributed by atoms with van der Waals surface area (Å²) in [7, 11) is 0. The Labute approximate surface area is 215 Å². The number of hydrogen-bond acceptors (Lipinski definition) is 5. The van der Waals surface area contributed by atoms with Crippen LogP contribution in [-0.2, 0) is 22.4 Å². The van der Waals surface area contributed by atoms with Crippen LogP contribution in [0.25, 0.3) is 5.70 Å². The molecule has 0 aliphatic carbocycles. The van der Waals surface area contributed by atoms with Crippen LogP contribution in [0, 0.1) is 0 Å². The Morgan fingerprint density at radius 2 is 1.78 bits per heavy atom. The average molecular weight is 487 g/mol. The van der Waals surface area contributed by atoms with Gasteiger partial charge in [-0.3, -0.25) is 9.79 Å². The molecule has 1 fully saturated rings.